The minimum atomic E-state index is -0.832. The van der Waals surface area contributed by atoms with E-state index >= 15 is 0 Å². The highest BCUT2D eigenvalue weighted by Crippen LogP contribution is 1.89. The Bertz CT molecular complexity index is 471. The van der Waals surface area contributed by atoms with Crippen molar-refractivity contribution in [1.29, 1.82) is 0 Å². The van der Waals surface area contributed by atoms with Gasteiger partial charge in [-0.05, 0) is 0 Å². The van der Waals surface area contributed by atoms with Gasteiger partial charge in [0.1, 0.15) is 5.69 Å². The van der Waals surface area contributed by atoms with E-state index in [0.29, 0.717) is 0 Å². The lowest BCUT2D eigenvalue weighted by atomic mass is 10.4. The minimum Gasteiger partial charge on any atom is -0.364 e. The molecule has 0 spiro atoms. The van der Waals surface area contributed by atoms with Crippen molar-refractivity contribution in [2.24, 2.45) is 5.73 Å². The van der Waals surface area contributed by atoms with Gasteiger partial charge in [0.25, 0.3) is 11.5 Å². The molecule has 14 heavy (non-hydrogen) atoms. The van der Waals surface area contributed by atoms with Crippen LogP contribution in [0.2, 0.25) is 0 Å². The molecule has 1 aromatic rings. The van der Waals surface area contributed by atoms with Crippen LogP contribution in [0.3, 0.4) is 0 Å². The summed E-state index contributed by atoms with van der Waals surface area (Å²) in [7, 11) is 3.10. The number of amides is 1. The Morgan fingerprint density at radius 1 is 1.50 bits per heavy atom. The third-order valence-electron chi connectivity index (χ3n) is 1.57. The van der Waals surface area contributed by atoms with Crippen LogP contribution < -0.4 is 22.0 Å². The summed E-state index contributed by atoms with van der Waals surface area (Å²) in [6.45, 7) is 0. The number of hydrogen-bond acceptors (Lipinski definition) is 4. The van der Waals surface area contributed by atoms with Gasteiger partial charge in [0.2, 0.25) is 0 Å². The number of carbonyl (C=O) groups is 1. The molecule has 0 aromatic carbocycles. The van der Waals surface area contributed by atoms with Crippen LogP contribution >= 0.6 is 0 Å². The maximum Gasteiger partial charge on any atom is 0.347 e. The summed E-state index contributed by atoms with van der Waals surface area (Å²) in [4.78, 5) is 35.1. The molecule has 1 rings (SSSR count). The number of rotatable bonds is 2. The number of H-pyrrole nitrogens is 1. The van der Waals surface area contributed by atoms with Crippen molar-refractivity contribution >= 4 is 5.91 Å². The zero-order valence-corrected chi connectivity index (χ0v) is 7.77. The zero-order chi connectivity index (χ0) is 10.9. The number of nitrogens with zero attached hydrogens (tertiary/aromatic N) is 2. The summed E-state index contributed by atoms with van der Waals surface area (Å²) >= 11 is 0. The van der Waals surface area contributed by atoms with Crippen LogP contribution in [0, 0.1) is 0 Å². The Hall–Kier alpha value is -2.05. The first-order valence-electron chi connectivity index (χ1n) is 3.77. The quantitative estimate of drug-likeness (QED) is 0.564. The Morgan fingerprint density at radius 2 is 2.07 bits per heavy atom. The lowest BCUT2D eigenvalue weighted by Crippen LogP contribution is -2.44. The van der Waals surface area contributed by atoms with Gasteiger partial charge >= 0.3 is 5.69 Å². The molecule has 7 nitrogen and oxygen atoms in total. The highest BCUT2D eigenvalue weighted by Gasteiger charge is 2.11. The third-order valence-corrected chi connectivity index (χ3v) is 1.57. The maximum atomic E-state index is 11.3. The molecular weight excluding hydrogens is 188 g/mol. The smallest absolute Gasteiger partial charge is 0.347 e. The van der Waals surface area contributed by atoms with Crippen LogP contribution in [0.25, 0.3) is 0 Å². The summed E-state index contributed by atoms with van der Waals surface area (Å²) in [5.41, 5.74) is 3.51. The fraction of sp³-hybridized carbons (Fsp3) is 0.286. The molecule has 0 unspecified atom stereocenters. The number of aromatic nitrogens is 2. The van der Waals surface area contributed by atoms with E-state index < -0.39 is 17.2 Å². The van der Waals surface area contributed by atoms with E-state index in [9.17, 15) is 14.4 Å². The molecule has 0 aliphatic rings. The fourth-order valence-corrected chi connectivity index (χ4v) is 1.06. The number of nitrogens with one attached hydrogen (secondary N) is 1. The molecular formula is C7H10N4O3. The van der Waals surface area contributed by atoms with E-state index in [2.05, 4.69) is 0 Å². The first-order valence-corrected chi connectivity index (χ1v) is 3.77. The molecule has 0 aliphatic heterocycles. The molecule has 76 valence electrons. The molecule has 1 aromatic heterocycles. The van der Waals surface area contributed by atoms with Crippen molar-refractivity contribution in [3.63, 3.8) is 0 Å². The van der Waals surface area contributed by atoms with Crippen LogP contribution in [-0.2, 0) is 0 Å². The van der Waals surface area contributed by atoms with Crippen LogP contribution in [0.1, 0.15) is 10.5 Å². The van der Waals surface area contributed by atoms with Crippen LogP contribution in [-0.4, -0.2) is 29.7 Å². The van der Waals surface area contributed by atoms with E-state index in [4.69, 9.17) is 5.73 Å². The van der Waals surface area contributed by atoms with E-state index in [1.165, 1.54) is 5.01 Å². The van der Waals surface area contributed by atoms with Crippen LogP contribution in [0.15, 0.2) is 15.7 Å². The van der Waals surface area contributed by atoms with Gasteiger partial charge in [0.15, 0.2) is 0 Å². The Labute approximate surface area is 78.7 Å². The average Bonchev–Trinajstić information content (AvgIpc) is 2.01. The predicted octanol–water partition coefficient (Wildman–Crippen LogP) is -2.17. The monoisotopic (exact) mass is 198 g/mol. The number of aromatic amines is 1. The standard InChI is InChI=1S/C7H10N4O3/c1-10(2)11-4(6(8)13)3-5(12)9-7(11)14/h3H,1-2H3,(H2,8,13)(H,9,12,14). The number of hydrogen-bond donors (Lipinski definition) is 2. The molecule has 1 heterocycles. The van der Waals surface area contributed by atoms with Gasteiger partial charge in [-0.15, -0.1) is 0 Å². The highest BCUT2D eigenvalue weighted by molar-refractivity contribution is 5.90. The summed E-state index contributed by atoms with van der Waals surface area (Å²) < 4.78 is 0.976. The second-order valence-electron chi connectivity index (χ2n) is 2.85. The Kier molecular flexibility index (Phi) is 2.41. The Balaban J connectivity index is 3.61. The SMILES string of the molecule is CN(C)n1c(C(N)=O)cc(=O)[nH]c1=O. The van der Waals surface area contributed by atoms with Gasteiger partial charge in [0, 0.05) is 20.2 Å². The van der Waals surface area contributed by atoms with Crippen molar-refractivity contribution in [3.05, 3.63) is 32.6 Å². The van der Waals surface area contributed by atoms with Crippen molar-refractivity contribution in [2.75, 3.05) is 19.1 Å². The molecule has 0 aliphatic carbocycles. The topological polar surface area (TPSA) is 101 Å². The Morgan fingerprint density at radius 3 is 2.50 bits per heavy atom. The molecule has 0 fully saturated rings. The van der Waals surface area contributed by atoms with Crippen molar-refractivity contribution in [1.82, 2.24) is 9.66 Å². The second-order valence-corrected chi connectivity index (χ2v) is 2.85. The second kappa shape index (κ2) is 3.36. The molecule has 7 heteroatoms. The molecule has 1 amide bonds. The molecule has 0 radical (unpaired) electrons. The van der Waals surface area contributed by atoms with Crippen LogP contribution in [0.4, 0.5) is 0 Å². The van der Waals surface area contributed by atoms with E-state index in [-0.39, 0.29) is 5.69 Å². The number of nitrogens with two attached hydrogens (primary N) is 1. The minimum absolute atomic E-state index is 0.149. The first-order chi connectivity index (χ1) is 6.43. The molecule has 0 bridgehead atoms. The van der Waals surface area contributed by atoms with E-state index in [1.807, 2.05) is 4.98 Å². The largest absolute Gasteiger partial charge is 0.364 e. The number of primary amides is 1. The van der Waals surface area contributed by atoms with Crippen molar-refractivity contribution in [2.45, 2.75) is 0 Å². The molecule has 0 saturated carbocycles. The first kappa shape index (κ1) is 10.0. The van der Waals surface area contributed by atoms with Gasteiger partial charge in [0.05, 0.1) is 0 Å². The van der Waals surface area contributed by atoms with Crippen molar-refractivity contribution in [3.8, 4) is 0 Å². The van der Waals surface area contributed by atoms with Crippen LogP contribution in [0.5, 0.6) is 0 Å². The van der Waals surface area contributed by atoms with Gasteiger partial charge in [-0.1, -0.05) is 0 Å². The summed E-state index contributed by atoms with van der Waals surface area (Å²) in [6.07, 6.45) is 0. The molecule has 3 N–H and O–H groups in total. The predicted molar refractivity (Wildman–Crippen MR) is 49.9 cm³/mol. The zero-order valence-electron chi connectivity index (χ0n) is 7.77. The van der Waals surface area contributed by atoms with Gasteiger partial charge in [-0.25, -0.2) is 9.47 Å². The van der Waals surface area contributed by atoms with E-state index in [1.54, 1.807) is 14.1 Å². The van der Waals surface area contributed by atoms with Crippen molar-refractivity contribution < 1.29 is 4.79 Å². The third kappa shape index (κ3) is 1.65. The average molecular weight is 198 g/mol. The lowest BCUT2D eigenvalue weighted by molar-refractivity contribution is 0.0989. The lowest BCUT2D eigenvalue weighted by Gasteiger charge is -2.17. The molecule has 0 atom stereocenters. The van der Waals surface area contributed by atoms with Gasteiger partial charge in [-0.3, -0.25) is 14.6 Å². The number of carbonyl (C=O) groups excluding carboxylic acids is 1. The summed E-state index contributed by atoms with van der Waals surface area (Å²) in [5.74, 6) is -0.832. The maximum absolute atomic E-state index is 11.3. The summed E-state index contributed by atoms with van der Waals surface area (Å²) in [5, 5.41) is 1.35. The summed E-state index contributed by atoms with van der Waals surface area (Å²) in [6, 6.07) is 0.976. The van der Waals surface area contributed by atoms with E-state index in [0.717, 1.165) is 10.7 Å². The fourth-order valence-electron chi connectivity index (χ4n) is 1.06. The van der Waals surface area contributed by atoms with Gasteiger partial charge in [-0.2, -0.15) is 0 Å². The normalized spacial score (nSPS) is 9.86. The van der Waals surface area contributed by atoms with Gasteiger partial charge < -0.3 is 10.7 Å². The highest BCUT2D eigenvalue weighted by atomic mass is 16.2. The molecule has 0 saturated heterocycles.